The minimum absolute atomic E-state index is 0.311. The van der Waals surface area contributed by atoms with Crippen LogP contribution in [-0.2, 0) is 4.79 Å². The average molecular weight is 179 g/mol. The van der Waals surface area contributed by atoms with E-state index in [1.165, 1.54) is 0 Å². The summed E-state index contributed by atoms with van der Waals surface area (Å²) in [7, 11) is 0. The van der Waals surface area contributed by atoms with Crippen LogP contribution in [-0.4, -0.2) is 18.6 Å². The van der Waals surface area contributed by atoms with Gasteiger partial charge in [-0.3, -0.25) is 4.79 Å². The van der Waals surface area contributed by atoms with Gasteiger partial charge in [-0.05, 0) is 5.56 Å². The number of nitrogens with one attached hydrogen (secondary N) is 1. The molecule has 1 aliphatic rings. The van der Waals surface area contributed by atoms with E-state index in [0.717, 1.165) is 5.56 Å². The summed E-state index contributed by atoms with van der Waals surface area (Å²) in [5.41, 5.74) is 0.883. The molecule has 1 amide bonds. The molecule has 2 nitrogen and oxygen atoms in total. The predicted octanol–water partition coefficient (Wildman–Crippen LogP) is 1.24. The summed E-state index contributed by atoms with van der Waals surface area (Å²) >= 11 is 0. The van der Waals surface area contributed by atoms with Gasteiger partial charge in [0.05, 0.1) is 0 Å². The van der Waals surface area contributed by atoms with Crippen molar-refractivity contribution < 1.29 is 9.18 Å². The smallest absolute Gasteiger partial charge is 0.255 e. The third-order valence-electron chi connectivity index (χ3n) is 2.33. The molecule has 0 aromatic heterocycles. The minimum atomic E-state index is -1.39. The summed E-state index contributed by atoms with van der Waals surface area (Å²) in [6, 6.07) is 9.27. The number of rotatable bonds is 1. The van der Waals surface area contributed by atoms with Gasteiger partial charge in [0, 0.05) is 12.5 Å². The quantitative estimate of drug-likeness (QED) is 0.690. The van der Waals surface area contributed by atoms with Crippen LogP contribution in [0.3, 0.4) is 0 Å². The summed E-state index contributed by atoms with van der Waals surface area (Å²) in [6.07, 6.45) is -1.39. The molecule has 0 spiro atoms. The highest BCUT2D eigenvalue weighted by Crippen LogP contribution is 2.25. The largest absolute Gasteiger partial charge is 0.353 e. The van der Waals surface area contributed by atoms with E-state index in [1.807, 2.05) is 30.3 Å². The molecule has 0 aliphatic carbocycles. The SMILES string of the molecule is O=C1NCC(c2ccccc2)C1F. The van der Waals surface area contributed by atoms with Crippen LogP contribution >= 0.6 is 0 Å². The van der Waals surface area contributed by atoms with E-state index in [2.05, 4.69) is 5.32 Å². The summed E-state index contributed by atoms with van der Waals surface area (Å²) < 4.78 is 13.3. The number of halogens is 1. The van der Waals surface area contributed by atoms with Crippen molar-refractivity contribution in [3.8, 4) is 0 Å². The molecule has 2 unspecified atom stereocenters. The van der Waals surface area contributed by atoms with E-state index in [-0.39, 0.29) is 5.92 Å². The number of carbonyl (C=O) groups is 1. The zero-order chi connectivity index (χ0) is 9.26. The molecule has 3 heteroatoms. The standard InChI is InChI=1S/C10H10FNO/c11-9-8(6-12-10(9)13)7-4-2-1-3-5-7/h1-5,8-9H,6H2,(H,12,13). The molecule has 1 aromatic carbocycles. The van der Waals surface area contributed by atoms with Crippen molar-refractivity contribution in [2.24, 2.45) is 0 Å². The molecule has 2 atom stereocenters. The number of hydrogen-bond acceptors (Lipinski definition) is 1. The predicted molar refractivity (Wildman–Crippen MR) is 47.1 cm³/mol. The number of carbonyl (C=O) groups excluding carboxylic acids is 1. The summed E-state index contributed by atoms with van der Waals surface area (Å²) in [6.45, 7) is 0.407. The first-order chi connectivity index (χ1) is 6.29. The molecule has 1 saturated heterocycles. The number of amides is 1. The van der Waals surface area contributed by atoms with E-state index >= 15 is 0 Å². The summed E-state index contributed by atoms with van der Waals surface area (Å²) in [5.74, 6) is -0.803. The van der Waals surface area contributed by atoms with Crippen LogP contribution in [0.2, 0.25) is 0 Å². The van der Waals surface area contributed by atoms with Crippen LogP contribution in [0.4, 0.5) is 4.39 Å². The Morgan fingerprint density at radius 3 is 2.54 bits per heavy atom. The summed E-state index contributed by atoms with van der Waals surface area (Å²) in [4.78, 5) is 10.9. The fraction of sp³-hybridized carbons (Fsp3) is 0.300. The van der Waals surface area contributed by atoms with E-state index in [4.69, 9.17) is 0 Å². The molecule has 1 aliphatic heterocycles. The van der Waals surface area contributed by atoms with Crippen LogP contribution < -0.4 is 5.32 Å². The Morgan fingerprint density at radius 2 is 2.00 bits per heavy atom. The van der Waals surface area contributed by atoms with Gasteiger partial charge in [0.15, 0.2) is 6.17 Å². The number of alkyl halides is 1. The second-order valence-corrected chi connectivity index (χ2v) is 3.16. The minimum Gasteiger partial charge on any atom is -0.353 e. The fourth-order valence-corrected chi connectivity index (χ4v) is 1.58. The van der Waals surface area contributed by atoms with Crippen molar-refractivity contribution in [3.05, 3.63) is 35.9 Å². The van der Waals surface area contributed by atoms with Gasteiger partial charge in [-0.1, -0.05) is 30.3 Å². The van der Waals surface area contributed by atoms with Gasteiger partial charge in [-0.2, -0.15) is 0 Å². The second kappa shape index (κ2) is 3.17. The van der Waals surface area contributed by atoms with Crippen molar-refractivity contribution in [1.82, 2.24) is 5.32 Å². The van der Waals surface area contributed by atoms with Gasteiger partial charge in [0.1, 0.15) is 0 Å². The Labute approximate surface area is 75.8 Å². The van der Waals surface area contributed by atoms with E-state index < -0.39 is 12.1 Å². The Morgan fingerprint density at radius 1 is 1.31 bits per heavy atom. The van der Waals surface area contributed by atoms with Crippen LogP contribution in [0.5, 0.6) is 0 Å². The lowest BCUT2D eigenvalue weighted by molar-refractivity contribution is -0.123. The van der Waals surface area contributed by atoms with Crippen molar-refractivity contribution in [2.75, 3.05) is 6.54 Å². The molecule has 2 rings (SSSR count). The monoisotopic (exact) mass is 179 g/mol. The Bertz CT molecular complexity index is 312. The maximum atomic E-state index is 13.3. The lowest BCUT2D eigenvalue weighted by atomic mass is 9.97. The van der Waals surface area contributed by atoms with Crippen LogP contribution in [0.15, 0.2) is 30.3 Å². The highest BCUT2D eigenvalue weighted by Gasteiger charge is 2.35. The van der Waals surface area contributed by atoms with Crippen LogP contribution in [0, 0.1) is 0 Å². The first-order valence-corrected chi connectivity index (χ1v) is 4.26. The lowest BCUT2D eigenvalue weighted by Gasteiger charge is -2.09. The third-order valence-corrected chi connectivity index (χ3v) is 2.33. The topological polar surface area (TPSA) is 29.1 Å². The number of hydrogen-bond donors (Lipinski definition) is 1. The molecule has 0 radical (unpaired) electrons. The Balaban J connectivity index is 2.24. The van der Waals surface area contributed by atoms with E-state index in [0.29, 0.717) is 6.54 Å². The van der Waals surface area contributed by atoms with Crippen molar-refractivity contribution in [1.29, 1.82) is 0 Å². The first-order valence-electron chi connectivity index (χ1n) is 4.26. The summed E-state index contributed by atoms with van der Waals surface area (Å²) in [5, 5.41) is 2.50. The third kappa shape index (κ3) is 1.41. The Hall–Kier alpha value is -1.38. The van der Waals surface area contributed by atoms with Gasteiger partial charge in [-0.25, -0.2) is 4.39 Å². The zero-order valence-electron chi connectivity index (χ0n) is 7.03. The van der Waals surface area contributed by atoms with Gasteiger partial charge in [0.25, 0.3) is 5.91 Å². The van der Waals surface area contributed by atoms with Gasteiger partial charge in [0.2, 0.25) is 0 Å². The molecular formula is C10H10FNO. The highest BCUT2D eigenvalue weighted by molar-refractivity contribution is 5.84. The van der Waals surface area contributed by atoms with Gasteiger partial charge in [-0.15, -0.1) is 0 Å². The molecule has 1 heterocycles. The average Bonchev–Trinajstić information content (AvgIpc) is 2.49. The first kappa shape index (κ1) is 8.23. The molecule has 1 aromatic rings. The maximum Gasteiger partial charge on any atom is 0.255 e. The lowest BCUT2D eigenvalue weighted by Crippen LogP contribution is -2.20. The van der Waals surface area contributed by atoms with Crippen molar-refractivity contribution in [3.63, 3.8) is 0 Å². The maximum absolute atomic E-state index is 13.3. The van der Waals surface area contributed by atoms with Gasteiger partial charge >= 0.3 is 0 Å². The molecule has 68 valence electrons. The molecule has 13 heavy (non-hydrogen) atoms. The molecule has 1 fully saturated rings. The molecular weight excluding hydrogens is 169 g/mol. The van der Waals surface area contributed by atoms with Crippen molar-refractivity contribution in [2.45, 2.75) is 12.1 Å². The molecule has 1 N–H and O–H groups in total. The fourth-order valence-electron chi connectivity index (χ4n) is 1.58. The second-order valence-electron chi connectivity index (χ2n) is 3.16. The molecule has 0 saturated carbocycles. The van der Waals surface area contributed by atoms with Crippen molar-refractivity contribution >= 4 is 5.91 Å². The Kier molecular flexibility index (Phi) is 2.00. The van der Waals surface area contributed by atoms with E-state index in [9.17, 15) is 9.18 Å². The molecule has 0 bridgehead atoms. The van der Waals surface area contributed by atoms with Crippen LogP contribution in [0.1, 0.15) is 11.5 Å². The normalized spacial score (nSPS) is 27.3. The zero-order valence-corrected chi connectivity index (χ0v) is 7.03. The van der Waals surface area contributed by atoms with E-state index in [1.54, 1.807) is 0 Å². The van der Waals surface area contributed by atoms with Gasteiger partial charge < -0.3 is 5.32 Å². The highest BCUT2D eigenvalue weighted by atomic mass is 19.1. The van der Waals surface area contributed by atoms with Crippen LogP contribution in [0.25, 0.3) is 0 Å². The number of benzene rings is 1.